The van der Waals surface area contributed by atoms with E-state index in [0.717, 1.165) is 12.8 Å². The second-order valence-electron chi connectivity index (χ2n) is 6.51. The largest absolute Gasteiger partial charge is 0.392 e. The second kappa shape index (κ2) is 5.64. The fourth-order valence-electron chi connectivity index (χ4n) is 2.84. The van der Waals surface area contributed by atoms with Gasteiger partial charge in [0, 0.05) is 17.5 Å². The van der Waals surface area contributed by atoms with Crippen molar-refractivity contribution in [3.05, 3.63) is 35.4 Å². The minimum Gasteiger partial charge on any atom is -0.392 e. The molecule has 1 aliphatic rings. The Morgan fingerprint density at radius 3 is 2.42 bits per heavy atom. The van der Waals surface area contributed by atoms with Gasteiger partial charge in [-0.05, 0) is 30.9 Å². The molecule has 2 N–H and O–H groups in total. The van der Waals surface area contributed by atoms with E-state index in [1.165, 1.54) is 17.5 Å². The summed E-state index contributed by atoms with van der Waals surface area (Å²) in [5.74, 6) is 0. The summed E-state index contributed by atoms with van der Waals surface area (Å²) in [4.78, 5) is 0. The molecule has 0 aromatic heterocycles. The highest BCUT2D eigenvalue weighted by molar-refractivity contribution is 5.25. The maximum atomic E-state index is 9.79. The summed E-state index contributed by atoms with van der Waals surface area (Å²) in [6, 6.07) is 9.67. The summed E-state index contributed by atoms with van der Waals surface area (Å²) in [5, 5.41) is 13.4. The monoisotopic (exact) mass is 261 g/mol. The number of nitrogens with one attached hydrogen (secondary N) is 1. The Hall–Kier alpha value is -0.860. The van der Waals surface area contributed by atoms with E-state index in [2.05, 4.69) is 57.3 Å². The van der Waals surface area contributed by atoms with Crippen LogP contribution in [0.15, 0.2) is 24.3 Å². The van der Waals surface area contributed by atoms with Crippen molar-refractivity contribution in [1.29, 1.82) is 0 Å². The van der Waals surface area contributed by atoms with Gasteiger partial charge in [-0.25, -0.2) is 0 Å². The topological polar surface area (TPSA) is 32.3 Å². The van der Waals surface area contributed by atoms with Crippen molar-refractivity contribution in [1.82, 2.24) is 5.32 Å². The van der Waals surface area contributed by atoms with Crippen molar-refractivity contribution in [2.45, 2.75) is 65.1 Å². The van der Waals surface area contributed by atoms with Crippen molar-refractivity contribution < 1.29 is 5.11 Å². The van der Waals surface area contributed by atoms with Gasteiger partial charge in [0.25, 0.3) is 0 Å². The molecule has 0 aliphatic heterocycles. The van der Waals surface area contributed by atoms with E-state index in [1.54, 1.807) is 0 Å². The number of aliphatic hydroxyl groups is 1. The molecule has 3 unspecified atom stereocenters. The Balaban J connectivity index is 1.95. The van der Waals surface area contributed by atoms with Gasteiger partial charge in [-0.15, -0.1) is 0 Å². The average Bonchev–Trinajstić information content (AvgIpc) is 2.39. The first-order valence-corrected chi connectivity index (χ1v) is 7.48. The number of benzene rings is 1. The molecule has 0 heterocycles. The Morgan fingerprint density at radius 2 is 1.95 bits per heavy atom. The fourth-order valence-corrected chi connectivity index (χ4v) is 2.84. The normalized spacial score (nSPS) is 26.8. The zero-order valence-electron chi connectivity index (χ0n) is 12.6. The van der Waals surface area contributed by atoms with Crippen molar-refractivity contribution in [3.63, 3.8) is 0 Å². The van der Waals surface area contributed by atoms with Crippen LogP contribution in [0.2, 0.25) is 0 Å². The third-order valence-electron chi connectivity index (χ3n) is 4.69. The molecule has 2 heteroatoms. The smallest absolute Gasteiger partial charge is 0.0621 e. The SMILES string of the molecule is CCCc1ccc(C(C)NC2CC(O)C2(C)C)cc1. The highest BCUT2D eigenvalue weighted by atomic mass is 16.3. The lowest BCUT2D eigenvalue weighted by Gasteiger charge is -2.50. The highest BCUT2D eigenvalue weighted by Gasteiger charge is 2.47. The predicted molar refractivity (Wildman–Crippen MR) is 80.2 cm³/mol. The van der Waals surface area contributed by atoms with Crippen LogP contribution in [-0.2, 0) is 6.42 Å². The van der Waals surface area contributed by atoms with E-state index >= 15 is 0 Å². The van der Waals surface area contributed by atoms with Crippen molar-refractivity contribution in [2.75, 3.05) is 0 Å². The number of rotatable bonds is 5. The van der Waals surface area contributed by atoms with E-state index in [-0.39, 0.29) is 11.5 Å². The molecule has 19 heavy (non-hydrogen) atoms. The second-order valence-corrected chi connectivity index (χ2v) is 6.51. The lowest BCUT2D eigenvalue weighted by molar-refractivity contribution is -0.0754. The molecular weight excluding hydrogens is 234 g/mol. The molecule has 106 valence electrons. The van der Waals surface area contributed by atoms with Crippen LogP contribution in [-0.4, -0.2) is 17.3 Å². The number of hydrogen-bond donors (Lipinski definition) is 2. The lowest BCUT2D eigenvalue weighted by atomic mass is 9.64. The van der Waals surface area contributed by atoms with Crippen LogP contribution < -0.4 is 5.32 Å². The summed E-state index contributed by atoms with van der Waals surface area (Å²) in [6.07, 6.45) is 3.06. The Labute approximate surface area is 117 Å². The predicted octanol–water partition coefficient (Wildman–Crippen LogP) is 3.45. The third kappa shape index (κ3) is 3.01. The standard InChI is InChI=1S/C17H27NO/c1-5-6-13-7-9-14(10-8-13)12(2)18-15-11-16(19)17(15,3)4/h7-10,12,15-16,18-19H,5-6,11H2,1-4H3. The first kappa shape index (κ1) is 14.5. The average molecular weight is 261 g/mol. The zero-order valence-corrected chi connectivity index (χ0v) is 12.6. The van der Waals surface area contributed by atoms with Gasteiger partial charge in [0.2, 0.25) is 0 Å². The quantitative estimate of drug-likeness (QED) is 0.851. The van der Waals surface area contributed by atoms with Gasteiger partial charge in [0.05, 0.1) is 6.10 Å². The highest BCUT2D eigenvalue weighted by Crippen LogP contribution is 2.41. The van der Waals surface area contributed by atoms with Crippen LogP contribution in [0.4, 0.5) is 0 Å². The zero-order chi connectivity index (χ0) is 14.0. The summed E-state index contributed by atoms with van der Waals surface area (Å²) in [5.41, 5.74) is 2.74. The van der Waals surface area contributed by atoms with Crippen molar-refractivity contribution in [3.8, 4) is 0 Å². The van der Waals surface area contributed by atoms with E-state index in [4.69, 9.17) is 0 Å². The summed E-state index contributed by atoms with van der Waals surface area (Å²) >= 11 is 0. The van der Waals surface area contributed by atoms with Gasteiger partial charge in [0.15, 0.2) is 0 Å². The van der Waals surface area contributed by atoms with Crippen LogP contribution in [0.5, 0.6) is 0 Å². The Morgan fingerprint density at radius 1 is 1.32 bits per heavy atom. The number of aryl methyl sites for hydroxylation is 1. The number of aliphatic hydroxyl groups excluding tert-OH is 1. The fraction of sp³-hybridized carbons (Fsp3) is 0.647. The first-order valence-electron chi connectivity index (χ1n) is 7.48. The van der Waals surface area contributed by atoms with Crippen LogP contribution in [0.1, 0.15) is 57.7 Å². The maximum absolute atomic E-state index is 9.79. The van der Waals surface area contributed by atoms with Gasteiger partial charge in [-0.2, -0.15) is 0 Å². The molecule has 0 radical (unpaired) electrons. The molecule has 1 fully saturated rings. The van der Waals surface area contributed by atoms with E-state index in [1.807, 2.05) is 0 Å². The van der Waals surface area contributed by atoms with Gasteiger partial charge in [0.1, 0.15) is 0 Å². The molecule has 1 saturated carbocycles. The van der Waals surface area contributed by atoms with Gasteiger partial charge >= 0.3 is 0 Å². The minimum atomic E-state index is -0.163. The molecule has 0 bridgehead atoms. The minimum absolute atomic E-state index is 0.00356. The molecule has 1 aliphatic carbocycles. The molecule has 0 amide bonds. The molecule has 1 aromatic rings. The summed E-state index contributed by atoms with van der Waals surface area (Å²) in [7, 11) is 0. The molecule has 0 spiro atoms. The van der Waals surface area contributed by atoms with Gasteiger partial charge in [-0.3, -0.25) is 0 Å². The van der Waals surface area contributed by atoms with Crippen molar-refractivity contribution in [2.24, 2.45) is 5.41 Å². The Kier molecular flexibility index (Phi) is 4.32. The van der Waals surface area contributed by atoms with Crippen LogP contribution in [0.3, 0.4) is 0 Å². The molecular formula is C17H27NO. The Bertz CT molecular complexity index is 410. The van der Waals surface area contributed by atoms with E-state index in [9.17, 15) is 5.11 Å². The van der Waals surface area contributed by atoms with E-state index < -0.39 is 0 Å². The summed E-state index contributed by atoms with van der Waals surface area (Å²) in [6.45, 7) is 8.68. The van der Waals surface area contributed by atoms with Crippen LogP contribution in [0, 0.1) is 5.41 Å². The van der Waals surface area contributed by atoms with Crippen molar-refractivity contribution >= 4 is 0 Å². The third-order valence-corrected chi connectivity index (χ3v) is 4.69. The first-order chi connectivity index (χ1) is 8.95. The molecule has 3 atom stereocenters. The summed E-state index contributed by atoms with van der Waals surface area (Å²) < 4.78 is 0. The van der Waals surface area contributed by atoms with E-state index in [0.29, 0.717) is 12.1 Å². The van der Waals surface area contributed by atoms with Crippen LogP contribution in [0.25, 0.3) is 0 Å². The molecule has 2 nitrogen and oxygen atoms in total. The molecule has 2 rings (SSSR count). The molecule has 1 aromatic carbocycles. The van der Waals surface area contributed by atoms with Gasteiger partial charge in [-0.1, -0.05) is 51.5 Å². The van der Waals surface area contributed by atoms with Crippen LogP contribution >= 0.6 is 0 Å². The lowest BCUT2D eigenvalue weighted by Crippen LogP contribution is -2.60. The molecule has 0 saturated heterocycles. The number of hydrogen-bond acceptors (Lipinski definition) is 2. The van der Waals surface area contributed by atoms with Gasteiger partial charge < -0.3 is 10.4 Å². The maximum Gasteiger partial charge on any atom is 0.0621 e.